The van der Waals surface area contributed by atoms with Crippen molar-refractivity contribution in [3.63, 3.8) is 0 Å². The number of nitrogens with zero attached hydrogens (tertiary/aromatic N) is 4. The number of aromatic nitrogens is 5. The molecule has 0 aromatic carbocycles. The number of nitrogen functional groups attached to an aromatic ring is 1. The van der Waals surface area contributed by atoms with Crippen LogP contribution in [0.25, 0.3) is 11.5 Å². The Balaban J connectivity index is 2.50. The fourth-order valence-electron chi connectivity index (χ4n) is 0.992. The maximum atomic E-state index is 5.43. The molecule has 0 bridgehead atoms. The lowest BCUT2D eigenvalue weighted by Gasteiger charge is -1.93. The van der Waals surface area contributed by atoms with E-state index in [4.69, 9.17) is 5.73 Å². The van der Waals surface area contributed by atoms with Gasteiger partial charge < -0.3 is 5.73 Å². The van der Waals surface area contributed by atoms with Crippen LogP contribution in [0.15, 0.2) is 12.4 Å². The third-order valence-corrected chi connectivity index (χ3v) is 1.55. The smallest absolute Gasteiger partial charge is 0.175 e. The van der Waals surface area contributed by atoms with Crippen LogP contribution >= 0.6 is 0 Å². The highest BCUT2D eigenvalue weighted by Crippen LogP contribution is 2.13. The normalized spacial score (nSPS) is 10.4. The first kappa shape index (κ1) is 6.84. The summed E-state index contributed by atoms with van der Waals surface area (Å²) in [6, 6.07) is 1.71. The largest absolute Gasteiger partial charge is 0.382 e. The van der Waals surface area contributed by atoms with Crippen LogP contribution in [0, 0.1) is 0 Å². The number of aryl methyl sites for hydroxylation is 1. The van der Waals surface area contributed by atoms with Crippen LogP contribution in [0.2, 0.25) is 0 Å². The van der Waals surface area contributed by atoms with Gasteiger partial charge >= 0.3 is 0 Å². The van der Waals surface area contributed by atoms with Crippen LogP contribution in [0.5, 0.6) is 0 Å². The van der Waals surface area contributed by atoms with Crippen molar-refractivity contribution in [3.05, 3.63) is 12.4 Å². The standard InChI is InChI=1S/C6H8N6/c1-12-6(8-3-9-12)4-2-5(7)11-10-4/h2-3H,1H3,(H3,7,10,11). The molecule has 6 heteroatoms. The summed E-state index contributed by atoms with van der Waals surface area (Å²) in [5, 5.41) is 10.5. The van der Waals surface area contributed by atoms with E-state index in [1.165, 1.54) is 6.33 Å². The average molecular weight is 164 g/mol. The highest BCUT2D eigenvalue weighted by atomic mass is 15.3. The van der Waals surface area contributed by atoms with Gasteiger partial charge in [0.05, 0.1) is 0 Å². The molecule has 0 amide bonds. The summed E-state index contributed by atoms with van der Waals surface area (Å²) in [4.78, 5) is 4.02. The molecule has 2 aromatic heterocycles. The van der Waals surface area contributed by atoms with Gasteiger partial charge in [-0.3, -0.25) is 5.10 Å². The van der Waals surface area contributed by atoms with Crippen LogP contribution in [-0.4, -0.2) is 25.0 Å². The minimum atomic E-state index is 0.452. The second-order valence-corrected chi connectivity index (χ2v) is 2.41. The Labute approximate surface area is 68.4 Å². The van der Waals surface area contributed by atoms with Gasteiger partial charge in [-0.15, -0.1) is 0 Å². The molecule has 0 unspecified atom stereocenters. The van der Waals surface area contributed by atoms with Gasteiger partial charge in [0.2, 0.25) is 0 Å². The van der Waals surface area contributed by atoms with Crippen molar-refractivity contribution in [2.45, 2.75) is 0 Å². The van der Waals surface area contributed by atoms with Crippen molar-refractivity contribution in [2.75, 3.05) is 5.73 Å². The maximum absolute atomic E-state index is 5.43. The quantitative estimate of drug-likeness (QED) is 0.610. The molecule has 0 saturated carbocycles. The Morgan fingerprint density at radius 2 is 2.42 bits per heavy atom. The zero-order valence-electron chi connectivity index (χ0n) is 6.52. The van der Waals surface area contributed by atoms with Gasteiger partial charge in [-0.1, -0.05) is 0 Å². The van der Waals surface area contributed by atoms with Gasteiger partial charge in [-0.05, 0) is 0 Å². The van der Waals surface area contributed by atoms with E-state index in [0.717, 1.165) is 11.5 Å². The number of hydrogen-bond donors (Lipinski definition) is 2. The van der Waals surface area contributed by atoms with Gasteiger partial charge in [-0.2, -0.15) is 10.2 Å². The number of hydrogen-bond acceptors (Lipinski definition) is 4. The SMILES string of the molecule is Cn1ncnc1-c1cc(N)n[nH]1. The van der Waals surface area contributed by atoms with Gasteiger partial charge in [-0.25, -0.2) is 9.67 Å². The second-order valence-electron chi connectivity index (χ2n) is 2.41. The summed E-state index contributed by atoms with van der Waals surface area (Å²) >= 11 is 0. The summed E-state index contributed by atoms with van der Waals surface area (Å²) < 4.78 is 1.65. The van der Waals surface area contributed by atoms with Crippen LogP contribution in [0.1, 0.15) is 0 Å². The van der Waals surface area contributed by atoms with E-state index in [1.807, 2.05) is 0 Å². The molecule has 6 nitrogen and oxygen atoms in total. The van der Waals surface area contributed by atoms with Crippen molar-refractivity contribution >= 4 is 5.82 Å². The number of nitrogens with two attached hydrogens (primary N) is 1. The number of anilines is 1. The van der Waals surface area contributed by atoms with Crippen LogP contribution in [-0.2, 0) is 7.05 Å². The van der Waals surface area contributed by atoms with E-state index in [9.17, 15) is 0 Å². The summed E-state index contributed by atoms with van der Waals surface area (Å²) in [6.07, 6.45) is 1.48. The molecular formula is C6H8N6. The van der Waals surface area contributed by atoms with Gasteiger partial charge in [0.15, 0.2) is 5.82 Å². The zero-order chi connectivity index (χ0) is 8.55. The van der Waals surface area contributed by atoms with E-state index >= 15 is 0 Å². The molecule has 0 fully saturated rings. The molecular weight excluding hydrogens is 156 g/mol. The van der Waals surface area contributed by atoms with Gasteiger partial charge in [0, 0.05) is 13.1 Å². The highest BCUT2D eigenvalue weighted by molar-refractivity contribution is 5.53. The second kappa shape index (κ2) is 2.33. The van der Waals surface area contributed by atoms with Crippen LogP contribution in [0.4, 0.5) is 5.82 Å². The Kier molecular flexibility index (Phi) is 1.33. The summed E-state index contributed by atoms with van der Waals surface area (Å²) in [5.74, 6) is 1.17. The monoisotopic (exact) mass is 164 g/mol. The minimum Gasteiger partial charge on any atom is -0.382 e. The number of nitrogens with one attached hydrogen (secondary N) is 1. The molecule has 0 aliphatic rings. The fraction of sp³-hybridized carbons (Fsp3) is 0.167. The van der Waals surface area contributed by atoms with Gasteiger partial charge in [0.25, 0.3) is 0 Å². The first-order valence-electron chi connectivity index (χ1n) is 3.42. The summed E-state index contributed by atoms with van der Waals surface area (Å²) in [5.41, 5.74) is 6.21. The molecule has 62 valence electrons. The Morgan fingerprint density at radius 3 is 2.92 bits per heavy atom. The lowest BCUT2D eigenvalue weighted by Crippen LogP contribution is -1.94. The summed E-state index contributed by atoms with van der Waals surface area (Å²) in [7, 11) is 1.80. The van der Waals surface area contributed by atoms with Crippen molar-refractivity contribution in [2.24, 2.45) is 7.05 Å². The van der Waals surface area contributed by atoms with Crippen molar-refractivity contribution < 1.29 is 0 Å². The van der Waals surface area contributed by atoms with E-state index in [2.05, 4.69) is 20.3 Å². The first-order chi connectivity index (χ1) is 5.77. The number of aromatic amines is 1. The molecule has 0 aliphatic carbocycles. The molecule has 3 N–H and O–H groups in total. The van der Waals surface area contributed by atoms with Crippen molar-refractivity contribution in [3.8, 4) is 11.5 Å². The van der Waals surface area contributed by atoms with Gasteiger partial charge in [0.1, 0.15) is 17.8 Å². The average Bonchev–Trinajstić information content (AvgIpc) is 2.58. The van der Waals surface area contributed by atoms with Crippen LogP contribution in [0.3, 0.4) is 0 Å². The van der Waals surface area contributed by atoms with E-state index < -0.39 is 0 Å². The van der Waals surface area contributed by atoms with Crippen molar-refractivity contribution in [1.29, 1.82) is 0 Å². The molecule has 2 aromatic rings. The Hall–Kier alpha value is -1.85. The Morgan fingerprint density at radius 1 is 1.58 bits per heavy atom. The third-order valence-electron chi connectivity index (χ3n) is 1.55. The van der Waals surface area contributed by atoms with Crippen LogP contribution < -0.4 is 5.73 Å². The molecule has 0 radical (unpaired) electrons. The topological polar surface area (TPSA) is 85.4 Å². The molecule has 0 aliphatic heterocycles. The molecule has 2 heterocycles. The van der Waals surface area contributed by atoms with E-state index in [0.29, 0.717) is 5.82 Å². The third kappa shape index (κ3) is 0.931. The Bertz CT molecular complexity index is 386. The lowest BCUT2D eigenvalue weighted by atomic mass is 10.4. The molecule has 2 rings (SSSR count). The highest BCUT2D eigenvalue weighted by Gasteiger charge is 2.05. The first-order valence-corrected chi connectivity index (χ1v) is 3.42. The van der Waals surface area contributed by atoms with E-state index in [-0.39, 0.29) is 0 Å². The maximum Gasteiger partial charge on any atom is 0.175 e. The zero-order valence-corrected chi connectivity index (χ0v) is 6.52. The summed E-state index contributed by atoms with van der Waals surface area (Å²) in [6.45, 7) is 0. The number of rotatable bonds is 1. The van der Waals surface area contributed by atoms with E-state index in [1.54, 1.807) is 17.8 Å². The fourth-order valence-corrected chi connectivity index (χ4v) is 0.992. The molecule has 0 saturated heterocycles. The molecule has 0 spiro atoms. The predicted octanol–water partition coefficient (Wildman–Crippen LogP) is -0.213. The molecule has 0 atom stereocenters. The molecule has 12 heavy (non-hydrogen) atoms. The van der Waals surface area contributed by atoms with Crippen molar-refractivity contribution in [1.82, 2.24) is 25.0 Å². The predicted molar refractivity (Wildman–Crippen MR) is 43.0 cm³/mol. The number of H-pyrrole nitrogens is 1. The lowest BCUT2D eigenvalue weighted by molar-refractivity contribution is 0.771. The minimum absolute atomic E-state index is 0.452.